The molecule has 0 saturated carbocycles. The van der Waals surface area contributed by atoms with Gasteiger partial charge in [-0.3, -0.25) is 4.79 Å². The van der Waals surface area contributed by atoms with Crippen molar-refractivity contribution in [1.29, 1.82) is 0 Å². The highest BCUT2D eigenvalue weighted by molar-refractivity contribution is 5.79. The second kappa shape index (κ2) is 8.78. The van der Waals surface area contributed by atoms with E-state index in [1.54, 1.807) is 6.20 Å². The second-order valence-electron chi connectivity index (χ2n) is 6.48. The van der Waals surface area contributed by atoms with Crippen LogP contribution in [-0.2, 0) is 29.0 Å². The molecular weight excluding hydrogens is 316 g/mol. The third-order valence-corrected chi connectivity index (χ3v) is 4.68. The number of hydrogen-bond donors (Lipinski definition) is 2. The number of nitrogens with zero attached hydrogens (tertiary/aromatic N) is 2. The number of amides is 1. The van der Waals surface area contributed by atoms with Crippen LogP contribution in [0.4, 0.5) is 0 Å². The smallest absolute Gasteiger partial charge is 0.227 e. The molecule has 6 nitrogen and oxygen atoms in total. The topological polar surface area (TPSA) is 82.2 Å². The molecule has 134 valence electrons. The average Bonchev–Trinajstić information content (AvgIpc) is 3.08. The number of aromatic nitrogens is 2. The zero-order valence-electron chi connectivity index (χ0n) is 14.4. The van der Waals surface area contributed by atoms with E-state index in [1.165, 1.54) is 5.56 Å². The van der Waals surface area contributed by atoms with Gasteiger partial charge >= 0.3 is 0 Å². The first-order chi connectivity index (χ1) is 12.2. The third kappa shape index (κ3) is 4.90. The van der Waals surface area contributed by atoms with Crippen molar-refractivity contribution in [1.82, 2.24) is 14.9 Å². The summed E-state index contributed by atoms with van der Waals surface area (Å²) >= 11 is 0. The molecular formula is C19H26N4O2. The molecule has 25 heavy (non-hydrogen) atoms. The summed E-state index contributed by atoms with van der Waals surface area (Å²) in [4.78, 5) is 16.7. The van der Waals surface area contributed by atoms with E-state index < -0.39 is 0 Å². The van der Waals surface area contributed by atoms with Gasteiger partial charge in [-0.15, -0.1) is 0 Å². The Morgan fingerprint density at radius 1 is 1.36 bits per heavy atom. The minimum atomic E-state index is -0.268. The molecule has 2 atom stereocenters. The number of hydrogen-bond acceptors (Lipinski definition) is 4. The zero-order valence-corrected chi connectivity index (χ0v) is 14.4. The van der Waals surface area contributed by atoms with Gasteiger partial charge in [-0.1, -0.05) is 30.3 Å². The van der Waals surface area contributed by atoms with E-state index in [9.17, 15) is 4.79 Å². The highest BCUT2D eigenvalue weighted by atomic mass is 16.5. The van der Waals surface area contributed by atoms with E-state index >= 15 is 0 Å². The Labute approximate surface area is 148 Å². The van der Waals surface area contributed by atoms with Crippen molar-refractivity contribution >= 4 is 5.91 Å². The first kappa shape index (κ1) is 17.6. The Morgan fingerprint density at radius 3 is 3.00 bits per heavy atom. The maximum atomic E-state index is 12.3. The van der Waals surface area contributed by atoms with Crippen LogP contribution in [0, 0.1) is 5.92 Å². The predicted molar refractivity (Wildman–Crippen MR) is 95.7 cm³/mol. The first-order valence-electron chi connectivity index (χ1n) is 8.89. The molecule has 6 heteroatoms. The van der Waals surface area contributed by atoms with Crippen LogP contribution in [0.1, 0.15) is 24.2 Å². The number of nitrogens with two attached hydrogens (primary N) is 1. The molecule has 2 aromatic rings. The van der Waals surface area contributed by atoms with Gasteiger partial charge < -0.3 is 20.4 Å². The minimum Gasteiger partial charge on any atom is -0.381 e. The molecule has 1 aliphatic heterocycles. The summed E-state index contributed by atoms with van der Waals surface area (Å²) in [5.41, 5.74) is 7.35. The Hall–Kier alpha value is -2.18. The Morgan fingerprint density at radius 2 is 2.20 bits per heavy atom. The van der Waals surface area contributed by atoms with Crippen molar-refractivity contribution in [2.24, 2.45) is 11.7 Å². The normalized spacial score (nSPS) is 20.4. The van der Waals surface area contributed by atoms with Crippen molar-refractivity contribution in [3.8, 4) is 0 Å². The number of nitrogens with one attached hydrogen (secondary N) is 1. The van der Waals surface area contributed by atoms with Crippen LogP contribution >= 0.6 is 0 Å². The van der Waals surface area contributed by atoms with Crippen molar-refractivity contribution in [2.75, 3.05) is 13.2 Å². The van der Waals surface area contributed by atoms with Gasteiger partial charge in [-0.2, -0.15) is 0 Å². The van der Waals surface area contributed by atoms with Crippen LogP contribution in [-0.4, -0.2) is 34.7 Å². The lowest BCUT2D eigenvalue weighted by molar-refractivity contribution is -0.130. The van der Waals surface area contributed by atoms with Crippen LogP contribution in [0.15, 0.2) is 42.7 Å². The Balaban J connectivity index is 1.47. The predicted octanol–water partition coefficient (Wildman–Crippen LogP) is 1.50. The first-order valence-corrected chi connectivity index (χ1v) is 8.89. The molecule has 1 aliphatic rings. The number of carbonyl (C=O) groups is 1. The van der Waals surface area contributed by atoms with Gasteiger partial charge in [0.15, 0.2) is 0 Å². The SMILES string of the molecule is NC1CCOCC1C(=O)NCc1nccn1CCCc1ccccc1. The van der Waals surface area contributed by atoms with Crippen LogP contribution in [0.2, 0.25) is 0 Å². The molecule has 0 aliphatic carbocycles. The van der Waals surface area contributed by atoms with E-state index in [-0.39, 0.29) is 17.9 Å². The molecule has 3 N–H and O–H groups in total. The van der Waals surface area contributed by atoms with Crippen LogP contribution in [0.3, 0.4) is 0 Å². The number of imidazole rings is 1. The van der Waals surface area contributed by atoms with E-state index in [4.69, 9.17) is 10.5 Å². The standard InChI is InChI=1S/C19H26N4O2/c20-17-8-12-25-14-16(17)19(24)22-13-18-21-9-11-23(18)10-4-7-15-5-2-1-3-6-15/h1-3,5-6,9,11,16-17H,4,7-8,10,12-14,20H2,(H,22,24). The minimum absolute atomic E-state index is 0.0500. The van der Waals surface area contributed by atoms with Crippen molar-refractivity contribution < 1.29 is 9.53 Å². The monoisotopic (exact) mass is 342 g/mol. The van der Waals surface area contributed by atoms with Gasteiger partial charge in [0.2, 0.25) is 5.91 Å². The molecule has 3 rings (SSSR count). The average molecular weight is 342 g/mol. The maximum absolute atomic E-state index is 12.3. The second-order valence-corrected chi connectivity index (χ2v) is 6.48. The van der Waals surface area contributed by atoms with Crippen molar-refractivity contribution in [3.05, 3.63) is 54.1 Å². The molecule has 1 fully saturated rings. The Bertz CT molecular complexity index is 671. The van der Waals surface area contributed by atoms with E-state index in [1.807, 2.05) is 12.3 Å². The molecule has 0 bridgehead atoms. The fourth-order valence-electron chi connectivity index (χ4n) is 3.13. The quantitative estimate of drug-likeness (QED) is 0.799. The summed E-state index contributed by atoms with van der Waals surface area (Å²) in [6, 6.07) is 10.3. The van der Waals surface area contributed by atoms with E-state index in [0.29, 0.717) is 19.8 Å². The van der Waals surface area contributed by atoms with Crippen LogP contribution < -0.4 is 11.1 Å². The molecule has 1 saturated heterocycles. The maximum Gasteiger partial charge on any atom is 0.227 e. The van der Waals surface area contributed by atoms with Crippen LogP contribution in [0.25, 0.3) is 0 Å². The van der Waals surface area contributed by atoms with Gasteiger partial charge in [0.25, 0.3) is 0 Å². The lowest BCUT2D eigenvalue weighted by Gasteiger charge is -2.27. The fraction of sp³-hybridized carbons (Fsp3) is 0.474. The lowest BCUT2D eigenvalue weighted by Crippen LogP contribution is -2.47. The molecule has 2 unspecified atom stereocenters. The van der Waals surface area contributed by atoms with E-state index in [2.05, 4.69) is 39.1 Å². The van der Waals surface area contributed by atoms with Gasteiger partial charge in [-0.05, 0) is 24.8 Å². The summed E-state index contributed by atoms with van der Waals surface area (Å²) in [6.07, 6.45) is 6.52. The number of benzene rings is 1. The molecule has 0 spiro atoms. The highest BCUT2D eigenvalue weighted by Crippen LogP contribution is 2.13. The highest BCUT2D eigenvalue weighted by Gasteiger charge is 2.28. The molecule has 2 heterocycles. The summed E-state index contributed by atoms with van der Waals surface area (Å²) < 4.78 is 7.47. The van der Waals surface area contributed by atoms with Gasteiger partial charge in [0, 0.05) is 31.6 Å². The van der Waals surface area contributed by atoms with Crippen molar-refractivity contribution in [2.45, 2.75) is 38.4 Å². The van der Waals surface area contributed by atoms with Gasteiger partial charge in [-0.25, -0.2) is 4.98 Å². The van der Waals surface area contributed by atoms with Crippen LogP contribution in [0.5, 0.6) is 0 Å². The molecule has 1 aromatic heterocycles. The van der Waals surface area contributed by atoms with E-state index in [0.717, 1.165) is 31.6 Å². The molecule has 0 radical (unpaired) electrons. The van der Waals surface area contributed by atoms with Gasteiger partial charge in [0.05, 0.1) is 19.1 Å². The number of rotatable bonds is 7. The summed E-state index contributed by atoms with van der Waals surface area (Å²) in [7, 11) is 0. The number of aryl methyl sites for hydroxylation is 2. The molecule has 1 aromatic carbocycles. The summed E-state index contributed by atoms with van der Waals surface area (Å²) in [5.74, 6) is 0.549. The summed E-state index contributed by atoms with van der Waals surface area (Å²) in [6.45, 7) is 2.34. The zero-order chi connectivity index (χ0) is 17.5. The number of carbonyl (C=O) groups excluding carboxylic acids is 1. The van der Waals surface area contributed by atoms with Crippen molar-refractivity contribution in [3.63, 3.8) is 0 Å². The molecule has 1 amide bonds. The third-order valence-electron chi connectivity index (χ3n) is 4.68. The number of ether oxygens (including phenoxy) is 1. The fourth-order valence-corrected chi connectivity index (χ4v) is 3.13. The van der Waals surface area contributed by atoms with Gasteiger partial charge in [0.1, 0.15) is 5.82 Å². The summed E-state index contributed by atoms with van der Waals surface area (Å²) in [5, 5.41) is 2.95. The Kier molecular flexibility index (Phi) is 6.19. The lowest BCUT2D eigenvalue weighted by atomic mass is 9.96. The largest absolute Gasteiger partial charge is 0.381 e.